The lowest BCUT2D eigenvalue weighted by Gasteiger charge is -2.24. The molecule has 5 rings (SSSR count). The second-order valence-electron chi connectivity index (χ2n) is 8.00. The first-order valence-corrected chi connectivity index (χ1v) is 11.3. The van der Waals surface area contributed by atoms with Crippen LogP contribution in [0.15, 0.2) is 54.7 Å². The Bertz CT molecular complexity index is 1420. The van der Waals surface area contributed by atoms with Crippen molar-refractivity contribution in [2.45, 2.75) is 32.2 Å². The van der Waals surface area contributed by atoms with Gasteiger partial charge in [0, 0.05) is 12.6 Å². The molecule has 0 bridgehead atoms. The van der Waals surface area contributed by atoms with Gasteiger partial charge in [-0.3, -0.25) is 9.59 Å². The molecule has 6 nitrogen and oxygen atoms in total. The van der Waals surface area contributed by atoms with Crippen molar-refractivity contribution >= 4 is 38.4 Å². The maximum absolute atomic E-state index is 12.9. The number of ether oxygens (including phenoxy) is 1. The summed E-state index contributed by atoms with van der Waals surface area (Å²) in [5, 5.41) is 3.30. The highest BCUT2D eigenvalue weighted by Crippen LogP contribution is 2.34. The maximum Gasteiger partial charge on any atom is 0.573 e. The predicted octanol–water partition coefficient (Wildman–Crippen LogP) is 6.13. The van der Waals surface area contributed by atoms with Crippen molar-refractivity contribution in [1.82, 2.24) is 9.55 Å². The molecule has 0 fully saturated rings. The van der Waals surface area contributed by atoms with Crippen LogP contribution in [0.3, 0.4) is 0 Å². The number of rotatable bonds is 4. The fraction of sp³-hybridized carbons (Fsp3) is 0.208. The normalized spacial score (nSPS) is 15.9. The number of aryl methyl sites for hydroxylation is 1. The molecule has 2 aromatic heterocycles. The zero-order chi connectivity index (χ0) is 24.0. The Morgan fingerprint density at radius 3 is 2.71 bits per heavy atom. The molecule has 1 atom stereocenters. The molecule has 0 radical (unpaired) electrons. The molecule has 1 aliphatic rings. The average molecular weight is 485 g/mol. The van der Waals surface area contributed by atoms with Crippen molar-refractivity contribution in [3.05, 3.63) is 66.0 Å². The number of alkyl halides is 3. The highest BCUT2D eigenvalue weighted by molar-refractivity contribution is 7.22. The molecular formula is C24H18F3N3O3S. The first-order valence-electron chi connectivity index (χ1n) is 10.5. The van der Waals surface area contributed by atoms with E-state index in [1.807, 2.05) is 12.1 Å². The van der Waals surface area contributed by atoms with Crippen molar-refractivity contribution in [2.24, 2.45) is 0 Å². The van der Waals surface area contributed by atoms with Gasteiger partial charge >= 0.3 is 6.36 Å². The lowest BCUT2D eigenvalue weighted by molar-refractivity contribution is -0.274. The number of ketones is 1. The molecule has 0 spiro atoms. The molecule has 2 aromatic carbocycles. The number of Topliss-reactive ketones (excluding diaryl/α,β-unsaturated/α-hetero) is 1. The van der Waals surface area contributed by atoms with Gasteiger partial charge in [0.25, 0.3) is 0 Å². The van der Waals surface area contributed by atoms with Gasteiger partial charge in [0.15, 0.2) is 10.9 Å². The van der Waals surface area contributed by atoms with Gasteiger partial charge in [-0.2, -0.15) is 0 Å². The number of benzene rings is 2. The molecule has 0 saturated carbocycles. The number of thiazole rings is 1. The molecule has 10 heteroatoms. The van der Waals surface area contributed by atoms with E-state index in [-0.39, 0.29) is 17.4 Å². The zero-order valence-corrected chi connectivity index (χ0v) is 18.7. The number of anilines is 1. The van der Waals surface area contributed by atoms with Crippen LogP contribution in [0.5, 0.6) is 5.75 Å². The summed E-state index contributed by atoms with van der Waals surface area (Å²) in [4.78, 5) is 29.4. The summed E-state index contributed by atoms with van der Waals surface area (Å²) >= 11 is 1.30. The zero-order valence-electron chi connectivity index (χ0n) is 17.8. The van der Waals surface area contributed by atoms with Gasteiger partial charge in [-0.15, -0.1) is 13.2 Å². The Labute approximate surface area is 196 Å². The van der Waals surface area contributed by atoms with Gasteiger partial charge in [0.2, 0.25) is 5.91 Å². The van der Waals surface area contributed by atoms with Crippen molar-refractivity contribution in [3.63, 3.8) is 0 Å². The van der Waals surface area contributed by atoms with E-state index in [4.69, 9.17) is 0 Å². The smallest absolute Gasteiger partial charge is 0.406 e. The first kappa shape index (κ1) is 22.1. The standard InChI is InChI=1S/C24H18F3N3O3S/c1-13-11-14(5-9-20(13)33-24(25,26)27)15-4-6-16-21(12-15)34-23(28-16)29-22(32)18-7-8-19(31)17-3-2-10-30(17)18/h2-6,9-12,18H,7-8H2,1H3,(H,28,29,32). The number of aromatic nitrogens is 2. The second kappa shape index (κ2) is 8.28. The van der Waals surface area contributed by atoms with Gasteiger partial charge < -0.3 is 14.6 Å². The molecule has 1 aliphatic heterocycles. The summed E-state index contributed by atoms with van der Waals surface area (Å²) in [6, 6.07) is 13.0. The van der Waals surface area contributed by atoms with Crippen LogP contribution in [0.25, 0.3) is 21.3 Å². The fourth-order valence-electron chi connectivity index (χ4n) is 4.11. The van der Waals surface area contributed by atoms with Crippen LogP contribution in [0.4, 0.5) is 18.3 Å². The molecule has 1 N–H and O–H groups in total. The summed E-state index contributed by atoms with van der Waals surface area (Å²) in [5.41, 5.74) is 3.13. The summed E-state index contributed by atoms with van der Waals surface area (Å²) < 4.78 is 44.1. The minimum atomic E-state index is -4.75. The third-order valence-electron chi connectivity index (χ3n) is 5.70. The third-order valence-corrected chi connectivity index (χ3v) is 6.63. The molecule has 1 unspecified atom stereocenters. The van der Waals surface area contributed by atoms with Crippen molar-refractivity contribution < 1.29 is 27.5 Å². The Morgan fingerprint density at radius 2 is 1.94 bits per heavy atom. The maximum atomic E-state index is 12.9. The Kier molecular flexibility index (Phi) is 5.40. The summed E-state index contributed by atoms with van der Waals surface area (Å²) in [7, 11) is 0. The van der Waals surface area contributed by atoms with Gasteiger partial charge in [0.1, 0.15) is 11.8 Å². The van der Waals surface area contributed by atoms with Gasteiger partial charge in [-0.1, -0.05) is 23.5 Å². The SMILES string of the molecule is Cc1cc(-c2ccc3nc(NC(=O)C4CCC(=O)c5cccn54)sc3c2)ccc1OC(F)(F)F. The number of nitrogens with zero attached hydrogens (tertiary/aromatic N) is 2. The molecule has 0 aliphatic carbocycles. The topological polar surface area (TPSA) is 73.2 Å². The van der Waals surface area contributed by atoms with Gasteiger partial charge in [-0.05, 0) is 66.4 Å². The molecule has 0 saturated heterocycles. The predicted molar refractivity (Wildman–Crippen MR) is 122 cm³/mol. The van der Waals surface area contributed by atoms with Crippen molar-refractivity contribution in [2.75, 3.05) is 5.32 Å². The number of hydrogen-bond donors (Lipinski definition) is 1. The lowest BCUT2D eigenvalue weighted by Crippen LogP contribution is -2.31. The van der Waals surface area contributed by atoms with E-state index in [0.29, 0.717) is 34.7 Å². The molecule has 4 aromatic rings. The molecular weight excluding hydrogens is 467 g/mol. The van der Waals surface area contributed by atoms with E-state index in [2.05, 4.69) is 15.0 Å². The van der Waals surface area contributed by atoms with E-state index in [0.717, 1.165) is 15.8 Å². The highest BCUT2D eigenvalue weighted by Gasteiger charge is 2.32. The first-order chi connectivity index (χ1) is 16.2. The summed E-state index contributed by atoms with van der Waals surface area (Å²) in [6.07, 6.45) is -2.27. The van der Waals surface area contributed by atoms with Crippen molar-refractivity contribution in [3.8, 4) is 16.9 Å². The van der Waals surface area contributed by atoms with E-state index in [1.165, 1.54) is 17.4 Å². The van der Waals surface area contributed by atoms with E-state index >= 15 is 0 Å². The van der Waals surface area contributed by atoms with E-state index in [1.54, 1.807) is 48.0 Å². The monoisotopic (exact) mass is 485 g/mol. The molecule has 1 amide bonds. The number of halogens is 3. The lowest BCUT2D eigenvalue weighted by atomic mass is 10.0. The van der Waals surface area contributed by atoms with Crippen LogP contribution in [-0.4, -0.2) is 27.6 Å². The largest absolute Gasteiger partial charge is 0.573 e. The van der Waals surface area contributed by atoms with Crippen LogP contribution >= 0.6 is 11.3 Å². The van der Waals surface area contributed by atoms with E-state index in [9.17, 15) is 22.8 Å². The number of carbonyl (C=O) groups excluding carboxylic acids is 2. The Hall–Kier alpha value is -3.66. The Morgan fingerprint density at radius 1 is 1.18 bits per heavy atom. The third kappa shape index (κ3) is 4.28. The quantitative estimate of drug-likeness (QED) is 0.378. The summed E-state index contributed by atoms with van der Waals surface area (Å²) in [5.74, 6) is -0.453. The van der Waals surface area contributed by atoms with Gasteiger partial charge in [0.05, 0.1) is 15.9 Å². The summed E-state index contributed by atoms with van der Waals surface area (Å²) in [6.45, 7) is 1.55. The van der Waals surface area contributed by atoms with Gasteiger partial charge in [-0.25, -0.2) is 4.98 Å². The second-order valence-corrected chi connectivity index (χ2v) is 9.03. The van der Waals surface area contributed by atoms with Crippen LogP contribution < -0.4 is 10.1 Å². The molecule has 3 heterocycles. The Balaban J connectivity index is 1.37. The van der Waals surface area contributed by atoms with Crippen LogP contribution in [0.1, 0.15) is 34.9 Å². The number of amides is 1. The minimum absolute atomic E-state index is 0.0230. The number of fused-ring (bicyclic) bond motifs is 2. The van der Waals surface area contributed by atoms with E-state index < -0.39 is 12.4 Å². The minimum Gasteiger partial charge on any atom is -0.406 e. The highest BCUT2D eigenvalue weighted by atomic mass is 32.1. The van der Waals surface area contributed by atoms with Crippen molar-refractivity contribution in [1.29, 1.82) is 0 Å². The number of carbonyl (C=O) groups is 2. The average Bonchev–Trinajstić information content (AvgIpc) is 3.41. The number of hydrogen-bond acceptors (Lipinski definition) is 5. The van der Waals surface area contributed by atoms with Crippen LogP contribution in [-0.2, 0) is 4.79 Å². The van der Waals surface area contributed by atoms with Crippen LogP contribution in [0, 0.1) is 6.92 Å². The fourth-order valence-corrected chi connectivity index (χ4v) is 5.02. The van der Waals surface area contributed by atoms with Crippen LogP contribution in [0.2, 0.25) is 0 Å². The molecule has 174 valence electrons. The molecule has 34 heavy (non-hydrogen) atoms. The number of nitrogens with one attached hydrogen (secondary N) is 1.